The molecule has 1 aliphatic rings. The summed E-state index contributed by atoms with van der Waals surface area (Å²) in [6, 6.07) is 14.7. The number of aryl methyl sites for hydroxylation is 1. The Morgan fingerprint density at radius 1 is 1.09 bits per heavy atom. The van der Waals surface area contributed by atoms with Crippen molar-refractivity contribution in [1.82, 2.24) is 19.8 Å². The Morgan fingerprint density at radius 3 is 2.50 bits per heavy atom. The molecule has 1 aromatic heterocycles. The molecule has 4 rings (SSSR count). The van der Waals surface area contributed by atoms with Gasteiger partial charge in [0.15, 0.2) is 0 Å². The fraction of sp³-hybridized carbons (Fsp3) is 0.292. The van der Waals surface area contributed by atoms with E-state index in [0.717, 1.165) is 5.69 Å². The average Bonchev–Trinajstić information content (AvgIpc) is 3.23. The Bertz CT molecular complexity index is 1080. The predicted molar refractivity (Wildman–Crippen MR) is 119 cm³/mol. The summed E-state index contributed by atoms with van der Waals surface area (Å²) in [5.41, 5.74) is 1.37. The van der Waals surface area contributed by atoms with Crippen LogP contribution < -0.4 is 10.6 Å². The molecule has 0 aliphatic carbocycles. The van der Waals surface area contributed by atoms with Crippen LogP contribution in [0.3, 0.4) is 0 Å². The highest BCUT2D eigenvalue weighted by Crippen LogP contribution is 2.24. The second-order valence-electron chi connectivity index (χ2n) is 7.95. The number of nitrogens with zero attached hydrogens (tertiary/aromatic N) is 3. The minimum absolute atomic E-state index is 0.120. The van der Waals surface area contributed by atoms with E-state index in [2.05, 4.69) is 15.6 Å². The molecule has 0 spiro atoms. The molecule has 1 aliphatic heterocycles. The summed E-state index contributed by atoms with van der Waals surface area (Å²) in [5, 5.41) is 5.93. The van der Waals surface area contributed by atoms with Crippen LogP contribution in [0, 0.1) is 11.7 Å². The van der Waals surface area contributed by atoms with Gasteiger partial charge in [-0.05, 0) is 42.7 Å². The normalized spacial score (nSPS) is 15.2. The van der Waals surface area contributed by atoms with Crippen LogP contribution in [0.15, 0.2) is 67.0 Å². The van der Waals surface area contributed by atoms with Crippen LogP contribution in [-0.4, -0.2) is 39.5 Å². The molecule has 3 amide bonds. The Hall–Kier alpha value is -3.68. The Kier molecular flexibility index (Phi) is 6.49. The molecular formula is C24H26FN5O2. The number of carbonyl (C=O) groups is 2. The maximum Gasteiger partial charge on any atom is 0.321 e. The van der Waals surface area contributed by atoms with E-state index in [4.69, 9.17) is 0 Å². The maximum atomic E-state index is 13.9. The molecule has 2 N–H and O–H groups in total. The van der Waals surface area contributed by atoms with Crippen LogP contribution in [-0.2, 0) is 11.8 Å². The largest absolute Gasteiger partial charge is 0.342 e. The zero-order chi connectivity index (χ0) is 22.5. The van der Waals surface area contributed by atoms with Gasteiger partial charge in [0.1, 0.15) is 17.7 Å². The van der Waals surface area contributed by atoms with Crippen molar-refractivity contribution in [3.05, 3.63) is 84.2 Å². The van der Waals surface area contributed by atoms with E-state index in [1.807, 2.05) is 41.9 Å². The van der Waals surface area contributed by atoms with Crippen molar-refractivity contribution in [2.45, 2.75) is 18.9 Å². The minimum Gasteiger partial charge on any atom is -0.342 e. The third kappa shape index (κ3) is 4.96. The molecule has 166 valence electrons. The number of para-hydroxylation sites is 1. The molecule has 3 aromatic rings. The molecule has 2 aromatic carbocycles. The fourth-order valence-electron chi connectivity index (χ4n) is 3.97. The van der Waals surface area contributed by atoms with Crippen LogP contribution in [0.5, 0.6) is 0 Å². The van der Waals surface area contributed by atoms with Gasteiger partial charge in [0.2, 0.25) is 5.91 Å². The molecule has 0 saturated carbocycles. The van der Waals surface area contributed by atoms with Crippen molar-refractivity contribution < 1.29 is 14.0 Å². The first-order valence-electron chi connectivity index (χ1n) is 10.7. The molecule has 7 nitrogen and oxygen atoms in total. The van der Waals surface area contributed by atoms with Crippen LogP contribution >= 0.6 is 0 Å². The van der Waals surface area contributed by atoms with E-state index in [1.165, 1.54) is 12.1 Å². The van der Waals surface area contributed by atoms with E-state index >= 15 is 0 Å². The number of urea groups is 1. The maximum absolute atomic E-state index is 13.9. The lowest BCUT2D eigenvalue weighted by atomic mass is 9.95. The first kappa shape index (κ1) is 21.5. The highest BCUT2D eigenvalue weighted by atomic mass is 19.1. The molecule has 1 saturated heterocycles. The van der Waals surface area contributed by atoms with Gasteiger partial charge in [0.25, 0.3) is 0 Å². The average molecular weight is 436 g/mol. The van der Waals surface area contributed by atoms with Gasteiger partial charge in [-0.25, -0.2) is 14.2 Å². The zero-order valence-corrected chi connectivity index (χ0v) is 17.9. The van der Waals surface area contributed by atoms with E-state index in [9.17, 15) is 14.0 Å². The third-order valence-electron chi connectivity index (χ3n) is 5.76. The number of nitrogens with one attached hydrogen (secondary N) is 2. The molecule has 1 atom stereocenters. The second kappa shape index (κ2) is 9.64. The van der Waals surface area contributed by atoms with Gasteiger partial charge in [-0.2, -0.15) is 0 Å². The predicted octanol–water partition coefficient (Wildman–Crippen LogP) is 3.71. The topological polar surface area (TPSA) is 79.3 Å². The summed E-state index contributed by atoms with van der Waals surface area (Å²) < 4.78 is 15.7. The summed E-state index contributed by atoms with van der Waals surface area (Å²) in [6.07, 6.45) is 4.56. The lowest BCUT2D eigenvalue weighted by Gasteiger charge is -2.32. The Labute approximate surface area is 186 Å². The number of hydrogen-bond donors (Lipinski definition) is 2. The summed E-state index contributed by atoms with van der Waals surface area (Å²) in [5.74, 6) is -0.0881. The molecule has 0 radical (unpaired) electrons. The van der Waals surface area contributed by atoms with Gasteiger partial charge in [-0.1, -0.05) is 30.3 Å². The number of amides is 3. The molecule has 1 fully saturated rings. The highest BCUT2D eigenvalue weighted by Gasteiger charge is 2.30. The van der Waals surface area contributed by atoms with Crippen molar-refractivity contribution in [1.29, 1.82) is 0 Å². The Morgan fingerprint density at radius 2 is 1.84 bits per heavy atom. The van der Waals surface area contributed by atoms with Gasteiger partial charge >= 0.3 is 6.03 Å². The number of piperidine rings is 1. The first-order chi connectivity index (χ1) is 15.5. The third-order valence-corrected chi connectivity index (χ3v) is 5.76. The first-order valence-corrected chi connectivity index (χ1v) is 10.7. The zero-order valence-electron chi connectivity index (χ0n) is 17.9. The molecule has 0 unspecified atom stereocenters. The summed E-state index contributed by atoms with van der Waals surface area (Å²) in [6.45, 7) is 0.980. The lowest BCUT2D eigenvalue weighted by molar-refractivity contribution is -0.126. The minimum atomic E-state index is -0.558. The molecule has 0 bridgehead atoms. The van der Waals surface area contributed by atoms with Gasteiger partial charge < -0.3 is 20.1 Å². The number of hydrogen-bond acceptors (Lipinski definition) is 3. The van der Waals surface area contributed by atoms with E-state index in [1.54, 1.807) is 29.4 Å². The van der Waals surface area contributed by atoms with Gasteiger partial charge in [0, 0.05) is 44.1 Å². The SMILES string of the molecule is Cn1ccnc1[C@@H](NC(=O)C1CCN(C(=O)Nc2ccccc2)CC1)c1cccc(F)c1. The standard InChI is InChI=1S/C24H26FN5O2/c1-29-15-12-26-22(29)21(18-6-5-7-19(25)16-18)28-23(31)17-10-13-30(14-11-17)24(32)27-20-8-3-2-4-9-20/h2-9,12,15-17,21H,10-11,13-14H2,1H3,(H,27,32)(H,28,31)/t21-/m0/s1. The van der Waals surface area contributed by atoms with E-state index in [-0.39, 0.29) is 23.7 Å². The second-order valence-corrected chi connectivity index (χ2v) is 7.95. The van der Waals surface area contributed by atoms with Crippen molar-refractivity contribution in [3.8, 4) is 0 Å². The van der Waals surface area contributed by atoms with Crippen molar-refractivity contribution >= 4 is 17.6 Å². The van der Waals surface area contributed by atoms with Crippen LogP contribution in [0.4, 0.5) is 14.9 Å². The number of carbonyl (C=O) groups excluding carboxylic acids is 2. The number of imidazole rings is 1. The smallest absolute Gasteiger partial charge is 0.321 e. The Balaban J connectivity index is 1.39. The van der Waals surface area contributed by atoms with Gasteiger partial charge in [-0.15, -0.1) is 0 Å². The number of rotatable bonds is 5. The van der Waals surface area contributed by atoms with Crippen LogP contribution in [0.25, 0.3) is 0 Å². The van der Waals surface area contributed by atoms with Crippen molar-refractivity contribution in [2.75, 3.05) is 18.4 Å². The summed E-state index contributed by atoms with van der Waals surface area (Å²) >= 11 is 0. The number of anilines is 1. The van der Waals surface area contributed by atoms with E-state index in [0.29, 0.717) is 37.3 Å². The molecular weight excluding hydrogens is 409 g/mol. The number of halogens is 1. The fourth-order valence-corrected chi connectivity index (χ4v) is 3.97. The molecule has 2 heterocycles. The number of benzene rings is 2. The van der Waals surface area contributed by atoms with Crippen LogP contribution in [0.1, 0.15) is 30.3 Å². The van der Waals surface area contributed by atoms with Gasteiger partial charge in [0.05, 0.1) is 0 Å². The summed E-state index contributed by atoms with van der Waals surface area (Å²) in [7, 11) is 1.84. The monoisotopic (exact) mass is 435 g/mol. The van der Waals surface area contributed by atoms with Gasteiger partial charge in [-0.3, -0.25) is 4.79 Å². The number of likely N-dealkylation sites (tertiary alicyclic amines) is 1. The van der Waals surface area contributed by atoms with Crippen LogP contribution in [0.2, 0.25) is 0 Å². The lowest BCUT2D eigenvalue weighted by Crippen LogP contribution is -2.45. The van der Waals surface area contributed by atoms with E-state index < -0.39 is 6.04 Å². The quantitative estimate of drug-likeness (QED) is 0.641. The van der Waals surface area contributed by atoms with Crippen molar-refractivity contribution in [2.24, 2.45) is 13.0 Å². The molecule has 8 heteroatoms. The number of aromatic nitrogens is 2. The van der Waals surface area contributed by atoms with Crippen molar-refractivity contribution in [3.63, 3.8) is 0 Å². The summed E-state index contributed by atoms with van der Waals surface area (Å²) in [4.78, 5) is 31.7. The molecule has 32 heavy (non-hydrogen) atoms. The highest BCUT2D eigenvalue weighted by molar-refractivity contribution is 5.89.